The van der Waals surface area contributed by atoms with Crippen molar-refractivity contribution in [2.45, 2.75) is 25.2 Å². The lowest BCUT2D eigenvalue weighted by atomic mass is 9.69. The molecule has 0 aliphatic heterocycles. The smallest absolute Gasteiger partial charge is 0.0722 e. The average molecular weight is 332 g/mol. The van der Waals surface area contributed by atoms with Crippen molar-refractivity contribution >= 4 is 5.57 Å². The van der Waals surface area contributed by atoms with E-state index >= 15 is 0 Å². The minimum Gasteiger partial charge on any atom is -0.0839 e. The summed E-state index contributed by atoms with van der Waals surface area (Å²) in [5.41, 5.74) is 12.9. The standard InChI is InChI=1S/C26H20/c1-17-14-15-21-20-10-4-7-13-24(20)26(25(21)16-17)22-11-5-2-8-18(22)19-9-3-6-12-23(19)26/h2-3,5-9,11-16H,4,10H2,1H3. The number of allylic oxidation sites excluding steroid dienone is 4. The van der Waals surface area contributed by atoms with Crippen LogP contribution in [0, 0.1) is 6.92 Å². The first-order valence-electron chi connectivity index (χ1n) is 9.53. The molecule has 0 aromatic heterocycles. The van der Waals surface area contributed by atoms with E-state index in [4.69, 9.17) is 0 Å². The summed E-state index contributed by atoms with van der Waals surface area (Å²) in [4.78, 5) is 0. The number of rotatable bonds is 0. The molecule has 1 spiro atoms. The summed E-state index contributed by atoms with van der Waals surface area (Å²) in [6.07, 6.45) is 7.06. The van der Waals surface area contributed by atoms with Gasteiger partial charge in [-0.2, -0.15) is 0 Å². The molecule has 3 aromatic rings. The van der Waals surface area contributed by atoms with Gasteiger partial charge in [0.05, 0.1) is 5.41 Å². The van der Waals surface area contributed by atoms with Crippen LogP contribution in [0.2, 0.25) is 0 Å². The zero-order chi connectivity index (χ0) is 17.3. The molecule has 3 aromatic carbocycles. The van der Waals surface area contributed by atoms with Crippen molar-refractivity contribution in [2.75, 3.05) is 0 Å². The Morgan fingerprint density at radius 1 is 0.731 bits per heavy atom. The fraction of sp³-hybridized carbons (Fsp3) is 0.154. The molecule has 0 nitrogen and oxygen atoms in total. The van der Waals surface area contributed by atoms with Gasteiger partial charge in [-0.1, -0.05) is 84.4 Å². The van der Waals surface area contributed by atoms with Crippen molar-refractivity contribution in [1.29, 1.82) is 0 Å². The minimum absolute atomic E-state index is 0.138. The van der Waals surface area contributed by atoms with E-state index < -0.39 is 0 Å². The van der Waals surface area contributed by atoms with Crippen molar-refractivity contribution in [3.8, 4) is 11.1 Å². The normalized spacial score (nSPS) is 17.9. The molecule has 0 amide bonds. The van der Waals surface area contributed by atoms with Gasteiger partial charge in [-0.3, -0.25) is 0 Å². The van der Waals surface area contributed by atoms with Crippen LogP contribution in [-0.4, -0.2) is 0 Å². The van der Waals surface area contributed by atoms with Gasteiger partial charge in [-0.25, -0.2) is 0 Å². The Hall–Kier alpha value is -2.86. The lowest BCUT2D eigenvalue weighted by Gasteiger charge is -2.32. The lowest BCUT2D eigenvalue weighted by Crippen LogP contribution is -2.27. The average Bonchev–Trinajstić information content (AvgIpc) is 3.15. The quantitative estimate of drug-likeness (QED) is 0.445. The number of fused-ring (bicyclic) bond motifs is 9. The second-order valence-corrected chi connectivity index (χ2v) is 7.72. The Bertz CT molecular complexity index is 1090. The Morgan fingerprint density at radius 3 is 2.15 bits per heavy atom. The molecule has 0 heterocycles. The summed E-state index contributed by atoms with van der Waals surface area (Å²) >= 11 is 0. The molecule has 124 valence electrons. The summed E-state index contributed by atoms with van der Waals surface area (Å²) in [5, 5.41) is 0. The molecule has 0 saturated carbocycles. The van der Waals surface area contributed by atoms with Crippen LogP contribution in [0.3, 0.4) is 0 Å². The highest BCUT2D eigenvalue weighted by atomic mass is 14.5. The summed E-state index contributed by atoms with van der Waals surface area (Å²) in [6.45, 7) is 2.22. The molecule has 3 aliphatic rings. The van der Waals surface area contributed by atoms with Crippen molar-refractivity contribution in [3.63, 3.8) is 0 Å². The van der Waals surface area contributed by atoms with Gasteiger partial charge >= 0.3 is 0 Å². The molecular weight excluding hydrogens is 312 g/mol. The summed E-state index contributed by atoms with van der Waals surface area (Å²) in [5.74, 6) is 0. The Morgan fingerprint density at radius 2 is 1.42 bits per heavy atom. The van der Waals surface area contributed by atoms with Gasteiger partial charge in [0.2, 0.25) is 0 Å². The zero-order valence-electron chi connectivity index (χ0n) is 14.9. The molecular formula is C26H20. The van der Waals surface area contributed by atoms with E-state index in [0.29, 0.717) is 0 Å². The van der Waals surface area contributed by atoms with Gasteiger partial charge in [0.25, 0.3) is 0 Å². The Kier molecular flexibility index (Phi) is 2.68. The number of aryl methyl sites for hydroxylation is 1. The van der Waals surface area contributed by atoms with Gasteiger partial charge in [-0.15, -0.1) is 0 Å². The number of hydrogen-bond donors (Lipinski definition) is 0. The van der Waals surface area contributed by atoms with Crippen molar-refractivity contribution in [2.24, 2.45) is 0 Å². The van der Waals surface area contributed by atoms with E-state index in [1.54, 1.807) is 5.57 Å². The molecule has 0 unspecified atom stereocenters. The topological polar surface area (TPSA) is 0 Å². The van der Waals surface area contributed by atoms with Crippen LogP contribution in [0.4, 0.5) is 0 Å². The van der Waals surface area contributed by atoms with Crippen LogP contribution in [0.15, 0.2) is 84.5 Å². The highest BCUT2D eigenvalue weighted by molar-refractivity contribution is 5.95. The highest BCUT2D eigenvalue weighted by Crippen LogP contribution is 2.63. The van der Waals surface area contributed by atoms with Gasteiger partial charge in [-0.05, 0) is 64.3 Å². The predicted octanol–water partition coefficient (Wildman–Crippen LogP) is 6.43. The third kappa shape index (κ3) is 1.52. The zero-order valence-corrected chi connectivity index (χ0v) is 14.9. The molecule has 26 heavy (non-hydrogen) atoms. The third-order valence-corrected chi connectivity index (χ3v) is 6.43. The van der Waals surface area contributed by atoms with E-state index in [-0.39, 0.29) is 5.41 Å². The Balaban J connectivity index is 1.84. The second kappa shape index (κ2) is 4.86. The molecule has 0 radical (unpaired) electrons. The Labute approximate surface area is 154 Å². The predicted molar refractivity (Wildman–Crippen MR) is 108 cm³/mol. The first-order valence-corrected chi connectivity index (χ1v) is 9.53. The number of hydrogen-bond acceptors (Lipinski definition) is 0. The maximum atomic E-state index is 2.43. The largest absolute Gasteiger partial charge is 0.0839 e. The first kappa shape index (κ1) is 14.3. The van der Waals surface area contributed by atoms with Gasteiger partial charge < -0.3 is 0 Å². The van der Waals surface area contributed by atoms with Gasteiger partial charge in [0.15, 0.2) is 0 Å². The van der Waals surface area contributed by atoms with Crippen molar-refractivity contribution in [3.05, 3.63) is 112 Å². The molecule has 3 aliphatic carbocycles. The van der Waals surface area contributed by atoms with Crippen LogP contribution in [0.5, 0.6) is 0 Å². The minimum atomic E-state index is -0.138. The van der Waals surface area contributed by atoms with E-state index in [0.717, 1.165) is 12.8 Å². The van der Waals surface area contributed by atoms with Crippen LogP contribution in [0.1, 0.15) is 40.7 Å². The molecule has 0 atom stereocenters. The van der Waals surface area contributed by atoms with E-state index in [1.165, 1.54) is 44.5 Å². The molecule has 0 heteroatoms. The SMILES string of the molecule is Cc1ccc2c(c1)C1(C3=C2CCC=C3)c2ccccc2-c2ccccc21. The van der Waals surface area contributed by atoms with Gasteiger partial charge in [0.1, 0.15) is 0 Å². The first-order chi connectivity index (χ1) is 12.8. The van der Waals surface area contributed by atoms with Gasteiger partial charge in [0, 0.05) is 0 Å². The molecule has 0 N–H and O–H groups in total. The van der Waals surface area contributed by atoms with Crippen molar-refractivity contribution in [1.82, 2.24) is 0 Å². The molecule has 0 saturated heterocycles. The fourth-order valence-electron chi connectivity index (χ4n) is 5.49. The van der Waals surface area contributed by atoms with E-state index in [1.807, 2.05) is 0 Å². The maximum Gasteiger partial charge on any atom is 0.0722 e. The highest BCUT2D eigenvalue weighted by Gasteiger charge is 2.52. The van der Waals surface area contributed by atoms with E-state index in [2.05, 4.69) is 85.8 Å². The van der Waals surface area contributed by atoms with Crippen LogP contribution < -0.4 is 0 Å². The number of benzene rings is 3. The summed E-state index contributed by atoms with van der Waals surface area (Å²) in [6, 6.07) is 25.1. The molecule has 0 fully saturated rings. The summed E-state index contributed by atoms with van der Waals surface area (Å²) in [7, 11) is 0. The monoisotopic (exact) mass is 332 g/mol. The van der Waals surface area contributed by atoms with Crippen LogP contribution in [-0.2, 0) is 5.41 Å². The maximum absolute atomic E-state index is 2.43. The third-order valence-electron chi connectivity index (χ3n) is 6.43. The van der Waals surface area contributed by atoms with Crippen LogP contribution in [0.25, 0.3) is 16.7 Å². The fourth-order valence-corrected chi connectivity index (χ4v) is 5.49. The molecule has 0 bridgehead atoms. The second-order valence-electron chi connectivity index (χ2n) is 7.72. The van der Waals surface area contributed by atoms with Crippen LogP contribution >= 0.6 is 0 Å². The summed E-state index contributed by atoms with van der Waals surface area (Å²) < 4.78 is 0. The van der Waals surface area contributed by atoms with E-state index in [9.17, 15) is 0 Å². The molecule has 6 rings (SSSR count). The lowest BCUT2D eigenvalue weighted by molar-refractivity contribution is 0.779. The van der Waals surface area contributed by atoms with Crippen molar-refractivity contribution < 1.29 is 0 Å².